The Hall–Kier alpha value is -1.93. The van der Waals surface area contributed by atoms with Crippen LogP contribution < -0.4 is 4.74 Å². The van der Waals surface area contributed by atoms with Gasteiger partial charge in [-0.05, 0) is 38.7 Å². The van der Waals surface area contributed by atoms with Crippen LogP contribution in [0, 0.1) is 6.92 Å². The predicted octanol–water partition coefficient (Wildman–Crippen LogP) is 3.68. The largest absolute Gasteiger partial charge is 0.496 e. The molecule has 0 amide bonds. The van der Waals surface area contributed by atoms with E-state index in [2.05, 4.69) is 0 Å². The van der Waals surface area contributed by atoms with E-state index in [-0.39, 0.29) is 24.6 Å². The van der Waals surface area contributed by atoms with Gasteiger partial charge in [0.1, 0.15) is 5.75 Å². The number of hydrogen-bond donors (Lipinski definition) is 0. The Morgan fingerprint density at radius 2 is 1.85 bits per heavy atom. The van der Waals surface area contributed by atoms with E-state index >= 15 is 0 Å². The molecule has 1 heterocycles. The van der Waals surface area contributed by atoms with E-state index in [4.69, 9.17) is 9.47 Å². The first-order valence-corrected chi connectivity index (χ1v) is 8.08. The van der Waals surface area contributed by atoms with Gasteiger partial charge in [-0.3, -0.25) is 4.79 Å². The monoisotopic (exact) mass is 408 g/mol. The number of fused-ring (bicyclic) bond motifs is 1. The fourth-order valence-corrected chi connectivity index (χ4v) is 2.99. The first kappa shape index (κ1) is 23.1. The smallest absolute Gasteiger partial charge is 0.420 e. The molecule has 1 aromatic carbocycles. The zero-order valence-electron chi connectivity index (χ0n) is 15.9. The van der Waals surface area contributed by atoms with Crippen molar-refractivity contribution < 1.29 is 27.4 Å². The van der Waals surface area contributed by atoms with Crippen LogP contribution in [-0.2, 0) is 28.7 Å². The summed E-state index contributed by atoms with van der Waals surface area (Å²) in [5.41, 5.74) is 0.989. The van der Waals surface area contributed by atoms with Gasteiger partial charge in [0, 0.05) is 29.7 Å². The van der Waals surface area contributed by atoms with Gasteiger partial charge in [0.15, 0.2) is 0 Å². The maximum Gasteiger partial charge on any atom is 0.420 e. The lowest BCUT2D eigenvalue weighted by atomic mass is 10.0. The van der Waals surface area contributed by atoms with Crippen molar-refractivity contribution in [1.82, 2.24) is 9.47 Å². The highest BCUT2D eigenvalue weighted by atomic mass is 35.5. The number of halogens is 4. The van der Waals surface area contributed by atoms with Gasteiger partial charge in [0.2, 0.25) is 0 Å². The Labute approximate surface area is 162 Å². The highest BCUT2D eigenvalue weighted by Crippen LogP contribution is 2.40. The summed E-state index contributed by atoms with van der Waals surface area (Å²) in [6, 6.07) is 2.45. The normalized spacial score (nSPS) is 11.6. The first-order valence-electron chi connectivity index (χ1n) is 8.08. The Morgan fingerprint density at radius 3 is 2.33 bits per heavy atom. The molecule has 0 unspecified atom stereocenters. The van der Waals surface area contributed by atoms with Gasteiger partial charge in [-0.1, -0.05) is 0 Å². The van der Waals surface area contributed by atoms with Gasteiger partial charge in [-0.15, -0.1) is 12.4 Å². The Kier molecular flexibility index (Phi) is 7.57. The summed E-state index contributed by atoms with van der Waals surface area (Å²) in [4.78, 5) is 13.7. The summed E-state index contributed by atoms with van der Waals surface area (Å²) in [7, 11) is 6.26. The topological polar surface area (TPSA) is 43.7 Å². The Morgan fingerprint density at radius 1 is 1.22 bits per heavy atom. The molecule has 0 radical (unpaired) electrons. The van der Waals surface area contributed by atoms with Crippen molar-refractivity contribution in [2.24, 2.45) is 0 Å². The van der Waals surface area contributed by atoms with Crippen LogP contribution in [0.3, 0.4) is 0 Å². The molecule has 27 heavy (non-hydrogen) atoms. The molecule has 0 fully saturated rings. The van der Waals surface area contributed by atoms with Crippen LogP contribution in [0.5, 0.6) is 5.75 Å². The molecule has 1 aromatic heterocycles. The summed E-state index contributed by atoms with van der Waals surface area (Å²) in [6.45, 7) is 2.95. The van der Waals surface area contributed by atoms with Gasteiger partial charge in [-0.25, -0.2) is 0 Å². The number of carbonyl (C=O) groups is 1. The van der Waals surface area contributed by atoms with E-state index in [0.717, 1.165) is 11.8 Å². The molecule has 0 atom stereocenters. The molecule has 9 heteroatoms. The van der Waals surface area contributed by atoms with Crippen LogP contribution >= 0.6 is 12.4 Å². The Bertz CT molecular complexity index is 817. The second-order valence-corrected chi connectivity index (χ2v) is 6.34. The molecule has 152 valence electrons. The molecule has 0 N–H and O–H groups in total. The highest BCUT2D eigenvalue weighted by molar-refractivity contribution is 5.91. The van der Waals surface area contributed by atoms with E-state index in [1.807, 2.05) is 23.6 Å². The van der Waals surface area contributed by atoms with E-state index in [1.54, 1.807) is 6.92 Å². The number of esters is 1. The molecule has 2 rings (SSSR count). The number of aromatic nitrogens is 1. The predicted molar refractivity (Wildman–Crippen MR) is 99.8 cm³/mol. The maximum atomic E-state index is 13.4. The third-order valence-corrected chi connectivity index (χ3v) is 4.40. The van der Waals surface area contributed by atoms with Crippen molar-refractivity contribution in [2.45, 2.75) is 26.1 Å². The number of nitrogens with zero attached hydrogens (tertiary/aromatic N) is 2. The van der Waals surface area contributed by atoms with E-state index in [9.17, 15) is 18.0 Å². The lowest BCUT2D eigenvalue weighted by molar-refractivity contribution is -0.140. The van der Waals surface area contributed by atoms with Crippen LogP contribution in [0.2, 0.25) is 0 Å². The molecular weight excluding hydrogens is 385 g/mol. The molecule has 0 aliphatic rings. The van der Waals surface area contributed by atoms with Gasteiger partial charge < -0.3 is 18.9 Å². The fraction of sp³-hybridized carbons (Fsp3) is 0.500. The van der Waals surface area contributed by atoms with Crippen LogP contribution in [0.4, 0.5) is 13.2 Å². The van der Waals surface area contributed by atoms with Crippen LogP contribution in [0.1, 0.15) is 16.8 Å². The summed E-state index contributed by atoms with van der Waals surface area (Å²) in [5, 5.41) is 0.566. The van der Waals surface area contributed by atoms with E-state index in [1.165, 1.54) is 20.3 Å². The molecule has 0 saturated carbocycles. The summed E-state index contributed by atoms with van der Waals surface area (Å²) in [6.07, 6.45) is -4.55. The number of carbonyl (C=O) groups excluding carboxylic acids is 1. The average molecular weight is 409 g/mol. The minimum Gasteiger partial charge on any atom is -0.496 e. The lowest BCUT2D eigenvalue weighted by Gasteiger charge is -2.15. The van der Waals surface area contributed by atoms with Crippen LogP contribution in [0.25, 0.3) is 10.9 Å². The van der Waals surface area contributed by atoms with Gasteiger partial charge in [-0.2, -0.15) is 13.2 Å². The third kappa shape index (κ3) is 4.87. The number of ether oxygens (including phenoxy) is 2. The second-order valence-electron chi connectivity index (χ2n) is 6.34. The fourth-order valence-electron chi connectivity index (χ4n) is 2.99. The molecular formula is C18H24ClF3N2O3. The van der Waals surface area contributed by atoms with Crippen molar-refractivity contribution in [3.63, 3.8) is 0 Å². The molecule has 5 nitrogen and oxygen atoms in total. The van der Waals surface area contributed by atoms with E-state index < -0.39 is 17.7 Å². The maximum absolute atomic E-state index is 13.4. The third-order valence-electron chi connectivity index (χ3n) is 4.40. The lowest BCUT2D eigenvalue weighted by Crippen LogP contribution is -2.19. The molecule has 0 spiro atoms. The van der Waals surface area contributed by atoms with Gasteiger partial charge >= 0.3 is 12.1 Å². The van der Waals surface area contributed by atoms with Crippen molar-refractivity contribution in [3.05, 3.63) is 29.0 Å². The number of hydrogen-bond acceptors (Lipinski definition) is 4. The standard InChI is InChI=1S/C18H23F3N2O3.ClH/c1-11-12(9-17(24)26-5)13-8-16(25-4)14(18(19,20)21)10-15(13)23(11)7-6-22(2)3;/h8,10H,6-7,9H2,1-5H3;1H. The van der Waals surface area contributed by atoms with Crippen molar-refractivity contribution in [1.29, 1.82) is 0 Å². The molecule has 2 aromatic rings. The number of alkyl halides is 3. The first-order chi connectivity index (χ1) is 12.1. The van der Waals surface area contributed by atoms with Crippen LogP contribution in [0.15, 0.2) is 12.1 Å². The van der Waals surface area contributed by atoms with Crippen molar-refractivity contribution >= 4 is 29.3 Å². The molecule has 0 bridgehead atoms. The zero-order chi connectivity index (χ0) is 19.6. The SMILES string of the molecule is COC(=O)Cc1c(C)n(CCN(C)C)c2cc(C(F)(F)F)c(OC)cc12.Cl. The van der Waals surface area contributed by atoms with Crippen LogP contribution in [-0.4, -0.2) is 50.3 Å². The zero-order valence-corrected chi connectivity index (χ0v) is 16.8. The highest BCUT2D eigenvalue weighted by Gasteiger charge is 2.35. The quantitative estimate of drug-likeness (QED) is 0.684. The summed E-state index contributed by atoms with van der Waals surface area (Å²) >= 11 is 0. The Balaban J connectivity index is 0.00000364. The van der Waals surface area contributed by atoms with Crippen molar-refractivity contribution in [3.8, 4) is 5.75 Å². The molecule has 0 aliphatic carbocycles. The summed E-state index contributed by atoms with van der Waals surface area (Å²) in [5.74, 6) is -0.709. The van der Waals surface area contributed by atoms with E-state index in [0.29, 0.717) is 29.6 Å². The molecule has 0 aliphatic heterocycles. The minimum atomic E-state index is -4.54. The summed E-state index contributed by atoms with van der Waals surface area (Å²) < 4.78 is 51.7. The number of rotatable bonds is 6. The van der Waals surface area contributed by atoms with Crippen molar-refractivity contribution in [2.75, 3.05) is 34.9 Å². The van der Waals surface area contributed by atoms with Gasteiger partial charge in [0.05, 0.1) is 26.2 Å². The molecule has 0 saturated heterocycles. The van der Waals surface area contributed by atoms with Gasteiger partial charge in [0.25, 0.3) is 0 Å². The average Bonchev–Trinajstić information content (AvgIpc) is 2.82. The number of methoxy groups -OCH3 is 2. The number of benzene rings is 1. The minimum absolute atomic E-state index is 0. The number of likely N-dealkylation sites (N-methyl/N-ethyl adjacent to an activating group) is 1. The second kappa shape index (κ2) is 8.84.